The van der Waals surface area contributed by atoms with Crippen LogP contribution in [0.25, 0.3) is 0 Å². The normalized spacial score (nSPS) is 17.0. The molecule has 1 aromatic rings. The number of carbonyl (C=O) groups excluding carboxylic acids is 1. The number of piperidine rings is 1. The van der Waals surface area contributed by atoms with Crippen molar-refractivity contribution in [1.82, 2.24) is 5.32 Å². The standard InChI is InChI=1S/C17H25NO2/c1-17(2,3)14-11-13(5-6-15(14)20-4)16(19)12-7-9-18-10-8-12/h5-6,11-12,18H,7-10H2,1-4H3. The summed E-state index contributed by atoms with van der Waals surface area (Å²) in [6.45, 7) is 8.31. The minimum atomic E-state index is -0.0320. The molecule has 1 heterocycles. The third-order valence-electron chi connectivity index (χ3n) is 4.00. The van der Waals surface area contributed by atoms with E-state index in [1.54, 1.807) is 7.11 Å². The van der Waals surface area contributed by atoms with E-state index in [1.807, 2.05) is 18.2 Å². The monoisotopic (exact) mass is 275 g/mol. The Morgan fingerprint density at radius 2 is 1.90 bits per heavy atom. The molecular weight excluding hydrogens is 250 g/mol. The highest BCUT2D eigenvalue weighted by Crippen LogP contribution is 2.33. The highest BCUT2D eigenvalue weighted by atomic mass is 16.5. The van der Waals surface area contributed by atoms with E-state index in [0.29, 0.717) is 0 Å². The van der Waals surface area contributed by atoms with Crippen LogP contribution in [-0.2, 0) is 5.41 Å². The summed E-state index contributed by atoms with van der Waals surface area (Å²) in [5.41, 5.74) is 1.89. The molecular formula is C17H25NO2. The van der Waals surface area contributed by atoms with E-state index >= 15 is 0 Å². The van der Waals surface area contributed by atoms with Gasteiger partial charge in [0.05, 0.1) is 7.11 Å². The van der Waals surface area contributed by atoms with Crippen LogP contribution in [0.5, 0.6) is 5.75 Å². The maximum atomic E-state index is 12.6. The SMILES string of the molecule is COc1ccc(C(=O)C2CCNCC2)cc1C(C)(C)C. The van der Waals surface area contributed by atoms with Crippen molar-refractivity contribution in [3.8, 4) is 5.75 Å². The number of nitrogens with one attached hydrogen (secondary N) is 1. The second-order valence-electron chi connectivity index (χ2n) is 6.55. The molecule has 1 aromatic carbocycles. The van der Waals surface area contributed by atoms with Gasteiger partial charge in [-0.05, 0) is 49.5 Å². The second-order valence-corrected chi connectivity index (χ2v) is 6.55. The smallest absolute Gasteiger partial charge is 0.166 e. The van der Waals surface area contributed by atoms with Crippen LogP contribution in [0, 0.1) is 5.92 Å². The van der Waals surface area contributed by atoms with E-state index in [2.05, 4.69) is 26.1 Å². The number of methoxy groups -OCH3 is 1. The molecule has 20 heavy (non-hydrogen) atoms. The Kier molecular flexibility index (Phi) is 4.48. The number of benzene rings is 1. The zero-order valence-electron chi connectivity index (χ0n) is 13.0. The topological polar surface area (TPSA) is 38.3 Å². The molecule has 3 nitrogen and oxygen atoms in total. The van der Waals surface area contributed by atoms with Crippen molar-refractivity contribution in [3.63, 3.8) is 0 Å². The summed E-state index contributed by atoms with van der Waals surface area (Å²) in [6, 6.07) is 5.84. The zero-order chi connectivity index (χ0) is 14.8. The lowest BCUT2D eigenvalue weighted by Gasteiger charge is -2.25. The quantitative estimate of drug-likeness (QED) is 0.861. The molecule has 0 aliphatic carbocycles. The molecule has 2 rings (SSSR count). The van der Waals surface area contributed by atoms with E-state index in [-0.39, 0.29) is 17.1 Å². The van der Waals surface area contributed by atoms with Gasteiger partial charge in [-0.15, -0.1) is 0 Å². The second kappa shape index (κ2) is 5.96. The third-order valence-corrected chi connectivity index (χ3v) is 4.00. The molecule has 0 radical (unpaired) electrons. The number of rotatable bonds is 3. The summed E-state index contributed by atoms with van der Waals surface area (Å²) in [5.74, 6) is 1.30. The summed E-state index contributed by atoms with van der Waals surface area (Å²) in [4.78, 5) is 12.6. The molecule has 1 N–H and O–H groups in total. The van der Waals surface area contributed by atoms with Crippen molar-refractivity contribution in [3.05, 3.63) is 29.3 Å². The fourth-order valence-corrected chi connectivity index (χ4v) is 2.77. The van der Waals surface area contributed by atoms with Crippen molar-refractivity contribution in [2.24, 2.45) is 5.92 Å². The average Bonchev–Trinajstić information content (AvgIpc) is 2.46. The molecule has 1 aliphatic heterocycles. The minimum Gasteiger partial charge on any atom is -0.496 e. The molecule has 1 fully saturated rings. The van der Waals surface area contributed by atoms with Crippen LogP contribution in [0.1, 0.15) is 49.5 Å². The Morgan fingerprint density at radius 1 is 1.25 bits per heavy atom. The van der Waals surface area contributed by atoms with Gasteiger partial charge < -0.3 is 10.1 Å². The van der Waals surface area contributed by atoms with Gasteiger partial charge in [-0.1, -0.05) is 20.8 Å². The predicted molar refractivity (Wildman–Crippen MR) is 81.6 cm³/mol. The highest BCUT2D eigenvalue weighted by Gasteiger charge is 2.25. The van der Waals surface area contributed by atoms with Crippen LogP contribution >= 0.6 is 0 Å². The average molecular weight is 275 g/mol. The molecule has 3 heteroatoms. The van der Waals surface area contributed by atoms with Gasteiger partial charge in [-0.25, -0.2) is 0 Å². The van der Waals surface area contributed by atoms with E-state index in [4.69, 9.17) is 4.74 Å². The van der Waals surface area contributed by atoms with Crippen LogP contribution in [0.4, 0.5) is 0 Å². The first kappa shape index (κ1) is 15.0. The van der Waals surface area contributed by atoms with E-state index in [0.717, 1.165) is 42.8 Å². The number of carbonyl (C=O) groups is 1. The van der Waals surface area contributed by atoms with Gasteiger partial charge in [0, 0.05) is 17.0 Å². The Bertz CT molecular complexity index is 482. The summed E-state index contributed by atoms with van der Waals surface area (Å²) in [7, 11) is 1.68. The van der Waals surface area contributed by atoms with Gasteiger partial charge in [0.2, 0.25) is 0 Å². The van der Waals surface area contributed by atoms with Crippen molar-refractivity contribution in [1.29, 1.82) is 0 Å². The number of Topliss-reactive ketones (excluding diaryl/α,β-unsaturated/α-hetero) is 1. The Balaban J connectivity index is 2.30. The van der Waals surface area contributed by atoms with Crippen molar-refractivity contribution < 1.29 is 9.53 Å². The Hall–Kier alpha value is -1.35. The van der Waals surface area contributed by atoms with E-state index < -0.39 is 0 Å². The van der Waals surface area contributed by atoms with Crippen LogP contribution in [0.3, 0.4) is 0 Å². The molecule has 1 saturated heterocycles. The van der Waals surface area contributed by atoms with Gasteiger partial charge >= 0.3 is 0 Å². The van der Waals surface area contributed by atoms with Crippen molar-refractivity contribution >= 4 is 5.78 Å². The maximum absolute atomic E-state index is 12.6. The summed E-state index contributed by atoms with van der Waals surface area (Å²) < 4.78 is 5.43. The lowest BCUT2D eigenvalue weighted by atomic mass is 9.83. The van der Waals surface area contributed by atoms with Crippen LogP contribution in [0.15, 0.2) is 18.2 Å². The zero-order valence-corrected chi connectivity index (χ0v) is 13.0. The van der Waals surface area contributed by atoms with Gasteiger partial charge in [-0.2, -0.15) is 0 Å². The van der Waals surface area contributed by atoms with Crippen molar-refractivity contribution in [2.45, 2.75) is 39.0 Å². The van der Waals surface area contributed by atoms with E-state index in [9.17, 15) is 4.79 Å². The van der Waals surface area contributed by atoms with Crippen LogP contribution in [0.2, 0.25) is 0 Å². The van der Waals surface area contributed by atoms with Gasteiger partial charge in [0.25, 0.3) is 0 Å². The van der Waals surface area contributed by atoms with Crippen molar-refractivity contribution in [2.75, 3.05) is 20.2 Å². The first-order chi connectivity index (χ1) is 9.43. The highest BCUT2D eigenvalue weighted by molar-refractivity contribution is 5.98. The van der Waals surface area contributed by atoms with Gasteiger partial charge in [0.15, 0.2) is 5.78 Å². The van der Waals surface area contributed by atoms with Gasteiger partial charge in [0.1, 0.15) is 5.75 Å². The molecule has 0 spiro atoms. The minimum absolute atomic E-state index is 0.0320. The number of hydrogen-bond donors (Lipinski definition) is 1. The van der Waals surface area contributed by atoms with E-state index in [1.165, 1.54) is 0 Å². The Labute approximate surface area is 121 Å². The largest absolute Gasteiger partial charge is 0.496 e. The molecule has 1 aliphatic rings. The lowest BCUT2D eigenvalue weighted by Crippen LogP contribution is -2.32. The van der Waals surface area contributed by atoms with Crippen LogP contribution < -0.4 is 10.1 Å². The Morgan fingerprint density at radius 3 is 2.45 bits per heavy atom. The first-order valence-electron chi connectivity index (χ1n) is 7.37. The predicted octanol–water partition coefficient (Wildman–Crippen LogP) is 3.18. The fraction of sp³-hybridized carbons (Fsp3) is 0.588. The fourth-order valence-electron chi connectivity index (χ4n) is 2.77. The molecule has 0 atom stereocenters. The molecule has 110 valence electrons. The molecule has 0 saturated carbocycles. The molecule has 0 amide bonds. The summed E-state index contributed by atoms with van der Waals surface area (Å²) in [5, 5.41) is 3.30. The number of ether oxygens (including phenoxy) is 1. The molecule has 0 aromatic heterocycles. The molecule has 0 bridgehead atoms. The molecule has 0 unspecified atom stereocenters. The van der Waals surface area contributed by atoms with Gasteiger partial charge in [-0.3, -0.25) is 4.79 Å². The third kappa shape index (κ3) is 3.21. The maximum Gasteiger partial charge on any atom is 0.166 e. The number of hydrogen-bond acceptors (Lipinski definition) is 3. The lowest BCUT2D eigenvalue weighted by molar-refractivity contribution is 0.0895. The summed E-state index contributed by atoms with van der Waals surface area (Å²) in [6.07, 6.45) is 1.88. The first-order valence-corrected chi connectivity index (χ1v) is 7.37. The van der Waals surface area contributed by atoms with Crippen LogP contribution in [-0.4, -0.2) is 26.0 Å². The summed E-state index contributed by atoms with van der Waals surface area (Å²) >= 11 is 0. The number of ketones is 1.